The molecular formula is C27H24N2O4. The molecule has 1 amide bonds. The number of aromatic amines is 1. The van der Waals surface area contributed by atoms with Crippen LogP contribution >= 0.6 is 0 Å². The van der Waals surface area contributed by atoms with Crippen molar-refractivity contribution in [2.75, 3.05) is 7.11 Å². The van der Waals surface area contributed by atoms with Crippen molar-refractivity contribution in [3.8, 4) is 11.1 Å². The molecule has 0 bridgehead atoms. The van der Waals surface area contributed by atoms with Gasteiger partial charge >= 0.3 is 12.1 Å². The van der Waals surface area contributed by atoms with Crippen LogP contribution in [0, 0.1) is 0 Å². The van der Waals surface area contributed by atoms with Crippen molar-refractivity contribution in [3.63, 3.8) is 0 Å². The third-order valence-electron chi connectivity index (χ3n) is 6.40. The van der Waals surface area contributed by atoms with Crippen LogP contribution < -0.4 is 0 Å². The largest absolute Gasteiger partial charge is 0.481 e. The molecule has 2 N–H and O–H groups in total. The summed E-state index contributed by atoms with van der Waals surface area (Å²) < 4.78 is 5.21. The summed E-state index contributed by atoms with van der Waals surface area (Å²) in [6, 6.07) is 22.7. The Kier molecular flexibility index (Phi) is 5.34. The monoisotopic (exact) mass is 440 g/mol. The van der Waals surface area contributed by atoms with Gasteiger partial charge in [-0.3, -0.25) is 9.69 Å². The van der Waals surface area contributed by atoms with E-state index in [0.29, 0.717) is 6.42 Å². The Bertz CT molecular complexity index is 1300. The van der Waals surface area contributed by atoms with E-state index in [1.165, 1.54) is 7.11 Å². The van der Waals surface area contributed by atoms with Crippen LogP contribution in [-0.2, 0) is 16.0 Å². The van der Waals surface area contributed by atoms with Gasteiger partial charge in [0.15, 0.2) is 0 Å². The maximum atomic E-state index is 13.2. The first-order valence-corrected chi connectivity index (χ1v) is 10.9. The van der Waals surface area contributed by atoms with Gasteiger partial charge < -0.3 is 14.8 Å². The van der Waals surface area contributed by atoms with Gasteiger partial charge in [-0.1, -0.05) is 66.7 Å². The maximum absolute atomic E-state index is 13.2. The van der Waals surface area contributed by atoms with Gasteiger partial charge in [-0.25, -0.2) is 4.79 Å². The fraction of sp³-hybridized carbons (Fsp3) is 0.185. The Morgan fingerprint density at radius 1 is 0.970 bits per heavy atom. The van der Waals surface area contributed by atoms with Crippen molar-refractivity contribution in [2.24, 2.45) is 0 Å². The number of rotatable bonds is 6. The van der Waals surface area contributed by atoms with Gasteiger partial charge in [0.2, 0.25) is 0 Å². The minimum Gasteiger partial charge on any atom is -0.481 e. The average molecular weight is 440 g/mol. The first-order valence-electron chi connectivity index (χ1n) is 10.9. The zero-order valence-electron chi connectivity index (χ0n) is 18.2. The Balaban J connectivity index is 1.63. The lowest BCUT2D eigenvalue weighted by Gasteiger charge is -2.36. The summed E-state index contributed by atoms with van der Waals surface area (Å²) in [5.74, 6) is -0.965. The molecule has 6 heteroatoms. The van der Waals surface area contributed by atoms with Crippen molar-refractivity contribution in [3.05, 3.63) is 95.7 Å². The highest BCUT2D eigenvalue weighted by Gasteiger charge is 2.40. The molecule has 0 unspecified atom stereocenters. The van der Waals surface area contributed by atoms with Gasteiger partial charge in [0.25, 0.3) is 0 Å². The fourth-order valence-corrected chi connectivity index (χ4v) is 5.02. The standard InChI is InChI=1S/C27H24N2O4/c1-33-27(32)29(26-22-11-4-2-9-20(22)21-10-3-5-12-23(21)26)18(15-25(30)31)14-17-16-28-24-13-7-6-8-19(17)24/h2-13,16,18,26,28H,14-15H2,1H3,(H,30,31)/t18-/m0/s1. The van der Waals surface area contributed by atoms with Gasteiger partial charge in [-0.15, -0.1) is 0 Å². The summed E-state index contributed by atoms with van der Waals surface area (Å²) in [5, 5.41) is 10.8. The lowest BCUT2D eigenvalue weighted by molar-refractivity contribution is -0.138. The van der Waals surface area contributed by atoms with Crippen molar-refractivity contribution < 1.29 is 19.4 Å². The zero-order valence-corrected chi connectivity index (χ0v) is 18.2. The molecule has 1 atom stereocenters. The molecule has 5 rings (SSSR count). The smallest absolute Gasteiger partial charge is 0.410 e. The van der Waals surface area contributed by atoms with Gasteiger partial charge in [-0.2, -0.15) is 0 Å². The molecule has 33 heavy (non-hydrogen) atoms. The summed E-state index contributed by atoms with van der Waals surface area (Å²) in [7, 11) is 1.34. The van der Waals surface area contributed by atoms with E-state index in [4.69, 9.17) is 4.74 Å². The Hall–Kier alpha value is -4.06. The number of hydrogen-bond acceptors (Lipinski definition) is 3. The number of aliphatic carboxylic acids is 1. The highest BCUT2D eigenvalue weighted by atomic mass is 16.5. The summed E-state index contributed by atoms with van der Waals surface area (Å²) in [4.78, 5) is 30.0. The number of ether oxygens (including phenoxy) is 1. The molecule has 0 spiro atoms. The second-order valence-corrected chi connectivity index (χ2v) is 8.27. The van der Waals surface area contributed by atoms with E-state index in [-0.39, 0.29) is 6.42 Å². The summed E-state index contributed by atoms with van der Waals surface area (Å²) >= 11 is 0. The number of carboxylic acid groups (broad SMARTS) is 1. The molecule has 0 aliphatic heterocycles. The first kappa shape index (κ1) is 20.8. The number of H-pyrrole nitrogens is 1. The maximum Gasteiger partial charge on any atom is 0.410 e. The summed E-state index contributed by atoms with van der Waals surface area (Å²) in [6.45, 7) is 0. The lowest BCUT2D eigenvalue weighted by atomic mass is 9.96. The number of nitrogens with zero attached hydrogens (tertiary/aromatic N) is 1. The predicted octanol–water partition coefficient (Wildman–Crippen LogP) is 5.39. The molecule has 0 fully saturated rings. The fourth-order valence-electron chi connectivity index (χ4n) is 5.02. The number of aromatic nitrogens is 1. The van der Waals surface area contributed by atoms with Gasteiger partial charge in [-0.05, 0) is 40.3 Å². The molecule has 166 valence electrons. The van der Waals surface area contributed by atoms with Crippen LogP contribution in [0.5, 0.6) is 0 Å². The number of carbonyl (C=O) groups is 2. The quantitative estimate of drug-likeness (QED) is 0.421. The molecule has 1 aromatic heterocycles. The number of carboxylic acids is 1. The minimum atomic E-state index is -0.965. The van der Waals surface area contributed by atoms with E-state index in [1.54, 1.807) is 4.90 Å². The van der Waals surface area contributed by atoms with Gasteiger partial charge in [0.1, 0.15) is 0 Å². The van der Waals surface area contributed by atoms with Crippen molar-refractivity contribution in [2.45, 2.75) is 24.9 Å². The number of hydrogen-bond donors (Lipinski definition) is 2. The van der Waals surface area contributed by atoms with Gasteiger partial charge in [0, 0.05) is 17.1 Å². The average Bonchev–Trinajstić information content (AvgIpc) is 3.38. The Morgan fingerprint density at radius 2 is 1.58 bits per heavy atom. The molecule has 0 radical (unpaired) electrons. The lowest BCUT2D eigenvalue weighted by Crippen LogP contribution is -2.45. The summed E-state index contributed by atoms with van der Waals surface area (Å²) in [6.07, 6.45) is 1.53. The number of nitrogens with one attached hydrogen (secondary N) is 1. The van der Waals surface area contributed by atoms with E-state index in [2.05, 4.69) is 4.98 Å². The predicted molar refractivity (Wildman–Crippen MR) is 126 cm³/mol. The van der Waals surface area contributed by atoms with Crippen LogP contribution in [0.1, 0.15) is 29.2 Å². The number of fused-ring (bicyclic) bond motifs is 4. The second-order valence-electron chi connectivity index (χ2n) is 8.27. The number of amides is 1. The van der Waals surface area contributed by atoms with E-state index < -0.39 is 24.1 Å². The van der Waals surface area contributed by atoms with Crippen LogP contribution in [0.25, 0.3) is 22.0 Å². The SMILES string of the molecule is COC(=O)N(C1c2ccccc2-c2ccccc21)[C@H](CC(=O)O)Cc1c[nH]c2ccccc12. The van der Waals surface area contributed by atoms with Crippen molar-refractivity contribution in [1.82, 2.24) is 9.88 Å². The van der Waals surface area contributed by atoms with Crippen LogP contribution in [0.3, 0.4) is 0 Å². The minimum absolute atomic E-state index is 0.199. The van der Waals surface area contributed by atoms with E-state index in [0.717, 1.165) is 38.7 Å². The molecule has 4 aromatic rings. The molecule has 1 aliphatic carbocycles. The zero-order chi connectivity index (χ0) is 22.9. The molecule has 0 saturated carbocycles. The van der Waals surface area contributed by atoms with Crippen LogP contribution in [0.4, 0.5) is 4.79 Å². The van der Waals surface area contributed by atoms with Crippen LogP contribution in [-0.4, -0.2) is 40.2 Å². The second kappa shape index (κ2) is 8.47. The topological polar surface area (TPSA) is 82.6 Å². The molecule has 1 heterocycles. The molecule has 6 nitrogen and oxygen atoms in total. The summed E-state index contributed by atoms with van der Waals surface area (Å²) in [5.41, 5.74) is 5.98. The van der Waals surface area contributed by atoms with E-state index in [9.17, 15) is 14.7 Å². The highest BCUT2D eigenvalue weighted by Crippen LogP contribution is 2.47. The number of methoxy groups -OCH3 is 1. The van der Waals surface area contributed by atoms with E-state index >= 15 is 0 Å². The van der Waals surface area contributed by atoms with Crippen LogP contribution in [0.2, 0.25) is 0 Å². The van der Waals surface area contributed by atoms with Crippen molar-refractivity contribution >= 4 is 23.0 Å². The molecule has 1 aliphatic rings. The third-order valence-corrected chi connectivity index (χ3v) is 6.40. The normalized spacial score (nSPS) is 13.4. The number of carbonyl (C=O) groups excluding carboxylic acids is 1. The van der Waals surface area contributed by atoms with Crippen LogP contribution in [0.15, 0.2) is 79.0 Å². The first-order chi connectivity index (χ1) is 16.1. The van der Waals surface area contributed by atoms with E-state index in [1.807, 2.05) is 79.0 Å². The van der Waals surface area contributed by atoms with Gasteiger partial charge in [0.05, 0.1) is 25.6 Å². The molecule has 3 aromatic carbocycles. The highest BCUT2D eigenvalue weighted by molar-refractivity contribution is 5.84. The number of para-hydroxylation sites is 1. The Labute approximate surface area is 191 Å². The molecular weight excluding hydrogens is 416 g/mol. The Morgan fingerprint density at radius 3 is 2.21 bits per heavy atom. The number of benzene rings is 3. The third kappa shape index (κ3) is 3.63. The van der Waals surface area contributed by atoms with Crippen molar-refractivity contribution in [1.29, 1.82) is 0 Å². The molecule has 0 saturated heterocycles.